The summed E-state index contributed by atoms with van der Waals surface area (Å²) in [5.41, 5.74) is 0. The number of hydrogen-bond donors (Lipinski definition) is 2. The second kappa shape index (κ2) is 6.53. The average molecular weight is 254 g/mol. The standard InChI is InChI=1S/C14H26N2O2/c1-2-16(13-6-7-13)14(18)9-15-8-11-4-3-5-12(11)10-17/h11-13,15,17H,2-10H2,1H3. The molecule has 0 heterocycles. The molecule has 2 aliphatic carbocycles. The van der Waals surface area contributed by atoms with Gasteiger partial charge < -0.3 is 15.3 Å². The predicted octanol–water partition coefficient (Wildman–Crippen LogP) is 0.995. The van der Waals surface area contributed by atoms with Gasteiger partial charge in [0.05, 0.1) is 6.54 Å². The number of carbonyl (C=O) groups is 1. The lowest BCUT2D eigenvalue weighted by Crippen LogP contribution is -2.41. The minimum Gasteiger partial charge on any atom is -0.396 e. The van der Waals surface area contributed by atoms with E-state index in [1.165, 1.54) is 25.7 Å². The van der Waals surface area contributed by atoms with Gasteiger partial charge in [-0.2, -0.15) is 0 Å². The molecule has 4 heteroatoms. The molecule has 2 rings (SSSR count). The lowest BCUT2D eigenvalue weighted by atomic mass is 9.97. The van der Waals surface area contributed by atoms with E-state index in [9.17, 15) is 9.90 Å². The first-order chi connectivity index (χ1) is 8.76. The van der Waals surface area contributed by atoms with E-state index in [4.69, 9.17) is 0 Å². The first-order valence-corrected chi connectivity index (χ1v) is 7.37. The highest BCUT2D eigenvalue weighted by Crippen LogP contribution is 2.30. The largest absolute Gasteiger partial charge is 0.396 e. The summed E-state index contributed by atoms with van der Waals surface area (Å²) in [5, 5.41) is 12.5. The number of hydrogen-bond acceptors (Lipinski definition) is 3. The van der Waals surface area contributed by atoms with Crippen molar-refractivity contribution in [3.8, 4) is 0 Å². The Hall–Kier alpha value is -0.610. The topological polar surface area (TPSA) is 52.6 Å². The number of aliphatic hydroxyl groups is 1. The molecular weight excluding hydrogens is 228 g/mol. The summed E-state index contributed by atoms with van der Waals surface area (Å²) in [5.74, 6) is 1.23. The first-order valence-electron chi connectivity index (χ1n) is 7.37. The van der Waals surface area contributed by atoms with Gasteiger partial charge in [-0.3, -0.25) is 4.79 Å². The Kier molecular flexibility index (Phi) is 5.01. The summed E-state index contributed by atoms with van der Waals surface area (Å²) in [6, 6.07) is 0.515. The van der Waals surface area contributed by atoms with Crippen LogP contribution in [0.5, 0.6) is 0 Å². The molecule has 0 bridgehead atoms. The summed E-state index contributed by atoms with van der Waals surface area (Å²) >= 11 is 0. The van der Waals surface area contributed by atoms with Gasteiger partial charge in [-0.1, -0.05) is 6.42 Å². The molecule has 0 aromatic heterocycles. The van der Waals surface area contributed by atoms with Crippen molar-refractivity contribution < 1.29 is 9.90 Å². The predicted molar refractivity (Wildman–Crippen MR) is 71.2 cm³/mol. The van der Waals surface area contributed by atoms with Crippen molar-refractivity contribution in [2.75, 3.05) is 26.2 Å². The fourth-order valence-electron chi connectivity index (χ4n) is 3.11. The van der Waals surface area contributed by atoms with Crippen molar-refractivity contribution in [2.24, 2.45) is 11.8 Å². The molecular formula is C14H26N2O2. The number of nitrogens with zero attached hydrogens (tertiary/aromatic N) is 1. The lowest BCUT2D eigenvalue weighted by molar-refractivity contribution is -0.130. The quantitative estimate of drug-likeness (QED) is 0.712. The fraction of sp³-hybridized carbons (Fsp3) is 0.929. The fourth-order valence-corrected chi connectivity index (χ4v) is 3.11. The Balaban J connectivity index is 1.66. The lowest BCUT2D eigenvalue weighted by Gasteiger charge is -2.22. The molecule has 2 atom stereocenters. The van der Waals surface area contributed by atoms with Gasteiger partial charge in [-0.05, 0) is 51.0 Å². The molecule has 2 unspecified atom stereocenters. The van der Waals surface area contributed by atoms with Crippen LogP contribution in [0.4, 0.5) is 0 Å². The van der Waals surface area contributed by atoms with Crippen molar-refractivity contribution >= 4 is 5.91 Å². The third-order valence-corrected chi connectivity index (χ3v) is 4.38. The molecule has 0 aliphatic heterocycles. The Labute approximate surface area is 110 Å². The smallest absolute Gasteiger partial charge is 0.236 e. The summed E-state index contributed by atoms with van der Waals surface area (Å²) < 4.78 is 0. The molecule has 0 aromatic rings. The van der Waals surface area contributed by atoms with Crippen LogP contribution in [-0.2, 0) is 4.79 Å². The van der Waals surface area contributed by atoms with Gasteiger partial charge in [0.15, 0.2) is 0 Å². The van der Waals surface area contributed by atoms with Crippen LogP contribution in [-0.4, -0.2) is 48.2 Å². The zero-order chi connectivity index (χ0) is 13.0. The molecule has 0 radical (unpaired) electrons. The van der Waals surface area contributed by atoms with E-state index in [2.05, 4.69) is 12.2 Å². The molecule has 0 saturated heterocycles. The van der Waals surface area contributed by atoms with Crippen LogP contribution >= 0.6 is 0 Å². The van der Waals surface area contributed by atoms with Crippen LogP contribution in [0.15, 0.2) is 0 Å². The molecule has 0 spiro atoms. The molecule has 2 fully saturated rings. The minimum absolute atomic E-state index is 0.235. The number of aliphatic hydroxyl groups excluding tert-OH is 1. The zero-order valence-corrected chi connectivity index (χ0v) is 11.4. The average Bonchev–Trinajstić information content (AvgIpc) is 3.09. The van der Waals surface area contributed by atoms with E-state index in [-0.39, 0.29) is 5.91 Å². The number of likely N-dealkylation sites (N-methyl/N-ethyl adjacent to an activating group) is 1. The van der Waals surface area contributed by atoms with Crippen LogP contribution < -0.4 is 5.32 Å². The second-order valence-electron chi connectivity index (χ2n) is 5.68. The molecule has 0 aromatic carbocycles. The van der Waals surface area contributed by atoms with Crippen molar-refractivity contribution in [2.45, 2.75) is 45.1 Å². The van der Waals surface area contributed by atoms with Gasteiger partial charge in [-0.25, -0.2) is 0 Å². The third kappa shape index (κ3) is 3.45. The summed E-state index contributed by atoms with van der Waals surface area (Å²) in [6.45, 7) is 4.50. The highest BCUT2D eigenvalue weighted by atomic mass is 16.3. The van der Waals surface area contributed by atoms with Crippen LogP contribution in [0, 0.1) is 11.8 Å². The molecule has 104 valence electrons. The third-order valence-electron chi connectivity index (χ3n) is 4.38. The Morgan fingerprint density at radius 2 is 2.00 bits per heavy atom. The van der Waals surface area contributed by atoms with Crippen LogP contribution in [0.3, 0.4) is 0 Å². The number of amides is 1. The monoisotopic (exact) mass is 254 g/mol. The maximum Gasteiger partial charge on any atom is 0.236 e. The Morgan fingerprint density at radius 1 is 1.28 bits per heavy atom. The number of carbonyl (C=O) groups excluding carboxylic acids is 1. The van der Waals surface area contributed by atoms with Gasteiger partial charge in [-0.15, -0.1) is 0 Å². The van der Waals surface area contributed by atoms with Gasteiger partial charge in [0.1, 0.15) is 0 Å². The SMILES string of the molecule is CCN(C(=O)CNCC1CCCC1CO)C1CC1. The van der Waals surface area contributed by atoms with E-state index in [1.54, 1.807) is 0 Å². The molecule has 4 nitrogen and oxygen atoms in total. The maximum absolute atomic E-state index is 12.0. The van der Waals surface area contributed by atoms with E-state index in [0.717, 1.165) is 19.5 Å². The second-order valence-corrected chi connectivity index (χ2v) is 5.68. The van der Waals surface area contributed by atoms with Gasteiger partial charge >= 0.3 is 0 Å². The maximum atomic E-state index is 12.0. The first kappa shape index (κ1) is 13.8. The Bertz CT molecular complexity index is 279. The normalized spacial score (nSPS) is 27.4. The molecule has 2 aliphatic rings. The molecule has 2 saturated carbocycles. The van der Waals surface area contributed by atoms with Crippen molar-refractivity contribution in [1.82, 2.24) is 10.2 Å². The highest BCUT2D eigenvalue weighted by Gasteiger charge is 2.31. The van der Waals surface area contributed by atoms with Crippen molar-refractivity contribution in [3.05, 3.63) is 0 Å². The van der Waals surface area contributed by atoms with E-state index in [1.807, 2.05) is 4.90 Å². The summed E-state index contributed by atoms with van der Waals surface area (Å²) in [6.07, 6.45) is 5.89. The van der Waals surface area contributed by atoms with Crippen molar-refractivity contribution in [1.29, 1.82) is 0 Å². The van der Waals surface area contributed by atoms with Crippen LogP contribution in [0.25, 0.3) is 0 Å². The van der Waals surface area contributed by atoms with Crippen LogP contribution in [0.2, 0.25) is 0 Å². The number of rotatable bonds is 7. The molecule has 1 amide bonds. The van der Waals surface area contributed by atoms with E-state index < -0.39 is 0 Å². The molecule has 18 heavy (non-hydrogen) atoms. The zero-order valence-electron chi connectivity index (χ0n) is 11.4. The minimum atomic E-state index is 0.235. The van der Waals surface area contributed by atoms with Gasteiger partial charge in [0.2, 0.25) is 5.91 Å². The molecule has 2 N–H and O–H groups in total. The van der Waals surface area contributed by atoms with Gasteiger partial charge in [0, 0.05) is 19.2 Å². The number of nitrogens with one attached hydrogen (secondary N) is 1. The Morgan fingerprint density at radius 3 is 2.61 bits per heavy atom. The summed E-state index contributed by atoms with van der Waals surface area (Å²) in [4.78, 5) is 14.0. The van der Waals surface area contributed by atoms with E-state index >= 15 is 0 Å². The highest BCUT2D eigenvalue weighted by molar-refractivity contribution is 5.78. The van der Waals surface area contributed by atoms with Crippen molar-refractivity contribution in [3.63, 3.8) is 0 Å². The van der Waals surface area contributed by atoms with Crippen LogP contribution in [0.1, 0.15) is 39.0 Å². The van der Waals surface area contributed by atoms with Gasteiger partial charge in [0.25, 0.3) is 0 Å². The summed E-state index contributed by atoms with van der Waals surface area (Å²) in [7, 11) is 0. The van der Waals surface area contributed by atoms with E-state index in [0.29, 0.717) is 31.0 Å².